The van der Waals surface area contributed by atoms with Gasteiger partial charge in [0.05, 0.1) is 18.7 Å². The smallest absolute Gasteiger partial charge is 0.317 e. The summed E-state index contributed by atoms with van der Waals surface area (Å²) >= 11 is 6.08. The van der Waals surface area contributed by atoms with Crippen molar-refractivity contribution in [1.82, 2.24) is 15.2 Å². The molecule has 2 aromatic carbocycles. The summed E-state index contributed by atoms with van der Waals surface area (Å²) in [6.45, 7) is 0.713. The second-order valence-electron chi connectivity index (χ2n) is 6.97. The predicted molar refractivity (Wildman–Crippen MR) is 121 cm³/mol. The van der Waals surface area contributed by atoms with Gasteiger partial charge < -0.3 is 15.0 Å². The summed E-state index contributed by atoms with van der Waals surface area (Å²) in [7, 11) is 1.64. The Morgan fingerprint density at radius 3 is 2.45 bits per heavy atom. The average molecular weight is 438 g/mol. The molecule has 1 N–H and O–H groups in total. The highest BCUT2D eigenvalue weighted by atomic mass is 35.5. The van der Waals surface area contributed by atoms with E-state index in [0.29, 0.717) is 17.3 Å². The molecule has 0 bridgehead atoms. The van der Waals surface area contributed by atoms with Crippen LogP contribution in [-0.4, -0.2) is 42.1 Å². The lowest BCUT2D eigenvalue weighted by molar-refractivity contribution is -0.143. The van der Waals surface area contributed by atoms with Crippen molar-refractivity contribution in [3.8, 4) is 11.1 Å². The van der Waals surface area contributed by atoms with E-state index in [1.165, 1.54) is 4.90 Å². The number of nitrogens with one attached hydrogen (secondary N) is 1. The summed E-state index contributed by atoms with van der Waals surface area (Å²) in [5.74, 6) is -0.384. The van der Waals surface area contributed by atoms with E-state index in [0.717, 1.165) is 16.7 Å². The molecule has 0 aliphatic carbocycles. The number of likely N-dealkylation sites (N-methyl/N-ethyl adjacent to an activating group) is 1. The van der Waals surface area contributed by atoms with Crippen LogP contribution in [-0.2, 0) is 22.5 Å². The van der Waals surface area contributed by atoms with Crippen molar-refractivity contribution in [2.24, 2.45) is 0 Å². The van der Waals surface area contributed by atoms with Gasteiger partial charge in [-0.1, -0.05) is 66.2 Å². The summed E-state index contributed by atoms with van der Waals surface area (Å²) in [6, 6.07) is 20.7. The molecule has 3 aromatic rings. The van der Waals surface area contributed by atoms with Gasteiger partial charge in [-0.05, 0) is 23.3 Å². The zero-order chi connectivity index (χ0) is 22.1. The standard InChI is InChI=1S/C24H24ClN3O3/c1-28(24(30)27-17-20-9-5-6-10-22(20)25)13-14-31-23(29)15-21-12-11-19(16-26-21)18-7-3-2-4-8-18/h2-12,16H,13-15,17H2,1H3,(H,27,30). The molecule has 0 atom stereocenters. The van der Waals surface area contributed by atoms with E-state index in [4.69, 9.17) is 16.3 Å². The van der Waals surface area contributed by atoms with Crippen molar-refractivity contribution >= 4 is 23.6 Å². The van der Waals surface area contributed by atoms with Gasteiger partial charge in [0.15, 0.2) is 0 Å². The molecule has 0 aliphatic heterocycles. The second kappa shape index (κ2) is 11.1. The maximum Gasteiger partial charge on any atom is 0.317 e. The monoisotopic (exact) mass is 437 g/mol. The normalized spacial score (nSPS) is 10.4. The van der Waals surface area contributed by atoms with E-state index in [2.05, 4.69) is 10.3 Å². The maximum atomic E-state index is 12.2. The summed E-state index contributed by atoms with van der Waals surface area (Å²) in [5, 5.41) is 3.39. The first-order valence-electron chi connectivity index (χ1n) is 9.91. The highest BCUT2D eigenvalue weighted by Crippen LogP contribution is 2.18. The van der Waals surface area contributed by atoms with Crippen LogP contribution in [0.25, 0.3) is 11.1 Å². The number of carbonyl (C=O) groups excluding carboxylic acids is 2. The fraction of sp³-hybridized carbons (Fsp3) is 0.208. The average Bonchev–Trinajstić information content (AvgIpc) is 2.79. The Balaban J connectivity index is 1.38. The first kappa shape index (κ1) is 22.3. The Hall–Kier alpha value is -3.38. The van der Waals surface area contributed by atoms with Crippen molar-refractivity contribution in [3.05, 3.63) is 89.2 Å². The predicted octanol–water partition coefficient (Wildman–Crippen LogP) is 4.33. The molecule has 0 unspecified atom stereocenters. The van der Waals surface area contributed by atoms with Crippen LogP contribution in [0.4, 0.5) is 4.79 Å². The minimum Gasteiger partial charge on any atom is -0.464 e. The highest BCUT2D eigenvalue weighted by molar-refractivity contribution is 6.31. The Morgan fingerprint density at radius 2 is 1.74 bits per heavy atom. The number of amides is 2. The maximum absolute atomic E-state index is 12.2. The number of nitrogens with zero attached hydrogens (tertiary/aromatic N) is 2. The van der Waals surface area contributed by atoms with Crippen molar-refractivity contribution in [3.63, 3.8) is 0 Å². The Labute approximate surface area is 186 Å². The minimum absolute atomic E-state index is 0.0808. The van der Waals surface area contributed by atoms with Gasteiger partial charge >= 0.3 is 12.0 Å². The van der Waals surface area contributed by atoms with E-state index in [1.807, 2.05) is 60.7 Å². The molecule has 3 rings (SSSR count). The lowest BCUT2D eigenvalue weighted by Gasteiger charge is -2.18. The third-order valence-corrected chi connectivity index (χ3v) is 5.05. The van der Waals surface area contributed by atoms with Gasteiger partial charge in [-0.25, -0.2) is 4.79 Å². The second-order valence-corrected chi connectivity index (χ2v) is 7.38. The Kier molecular flexibility index (Phi) is 8.01. The van der Waals surface area contributed by atoms with Crippen molar-refractivity contribution in [2.75, 3.05) is 20.2 Å². The number of rotatable bonds is 8. The number of halogens is 1. The summed E-state index contributed by atoms with van der Waals surface area (Å²) < 4.78 is 5.24. The van der Waals surface area contributed by atoms with E-state index in [9.17, 15) is 9.59 Å². The van der Waals surface area contributed by atoms with Gasteiger partial charge in [0, 0.05) is 30.4 Å². The van der Waals surface area contributed by atoms with Gasteiger partial charge in [-0.3, -0.25) is 9.78 Å². The van der Waals surface area contributed by atoms with Crippen molar-refractivity contribution in [2.45, 2.75) is 13.0 Å². The zero-order valence-corrected chi connectivity index (χ0v) is 18.0. The fourth-order valence-electron chi connectivity index (χ4n) is 2.87. The molecule has 0 saturated heterocycles. The molecule has 0 saturated carbocycles. The highest BCUT2D eigenvalue weighted by Gasteiger charge is 2.11. The first-order valence-corrected chi connectivity index (χ1v) is 10.3. The minimum atomic E-state index is -0.384. The molecular weight excluding hydrogens is 414 g/mol. The SMILES string of the molecule is CN(CCOC(=O)Cc1ccc(-c2ccccc2)cn1)C(=O)NCc1ccccc1Cl. The van der Waals surface area contributed by atoms with Crippen LogP contribution in [0.5, 0.6) is 0 Å². The molecule has 2 amide bonds. The van der Waals surface area contributed by atoms with Gasteiger partial charge in [0.2, 0.25) is 0 Å². The first-order chi connectivity index (χ1) is 15.0. The number of hydrogen-bond acceptors (Lipinski definition) is 4. The molecule has 6 nitrogen and oxygen atoms in total. The van der Waals surface area contributed by atoms with Crippen LogP contribution < -0.4 is 5.32 Å². The molecule has 1 aromatic heterocycles. The van der Waals surface area contributed by atoms with Crippen LogP contribution in [0.15, 0.2) is 72.9 Å². The molecule has 1 heterocycles. The third-order valence-electron chi connectivity index (χ3n) is 4.68. The lowest BCUT2D eigenvalue weighted by Crippen LogP contribution is -2.39. The van der Waals surface area contributed by atoms with Crippen LogP contribution in [0.2, 0.25) is 5.02 Å². The quantitative estimate of drug-likeness (QED) is 0.532. The number of benzene rings is 2. The van der Waals surface area contributed by atoms with Crippen molar-refractivity contribution < 1.29 is 14.3 Å². The number of esters is 1. The van der Waals surface area contributed by atoms with E-state index in [-0.39, 0.29) is 31.6 Å². The topological polar surface area (TPSA) is 71.5 Å². The molecule has 7 heteroatoms. The summed E-state index contributed by atoms with van der Waals surface area (Å²) in [6.07, 6.45) is 1.83. The molecule has 0 radical (unpaired) electrons. The molecule has 0 spiro atoms. The van der Waals surface area contributed by atoms with Crippen LogP contribution >= 0.6 is 11.6 Å². The van der Waals surface area contributed by atoms with Crippen LogP contribution in [0.1, 0.15) is 11.3 Å². The van der Waals surface area contributed by atoms with Crippen molar-refractivity contribution in [1.29, 1.82) is 0 Å². The van der Waals surface area contributed by atoms with Gasteiger partial charge in [0.1, 0.15) is 6.61 Å². The van der Waals surface area contributed by atoms with Crippen LogP contribution in [0, 0.1) is 0 Å². The fourth-order valence-corrected chi connectivity index (χ4v) is 3.08. The van der Waals surface area contributed by atoms with E-state index < -0.39 is 0 Å². The van der Waals surface area contributed by atoms with E-state index in [1.54, 1.807) is 19.3 Å². The molecule has 160 valence electrons. The Morgan fingerprint density at radius 1 is 1.00 bits per heavy atom. The summed E-state index contributed by atoms with van der Waals surface area (Å²) in [5.41, 5.74) is 3.53. The molecule has 0 fully saturated rings. The number of hydrogen-bond donors (Lipinski definition) is 1. The van der Waals surface area contributed by atoms with E-state index >= 15 is 0 Å². The largest absolute Gasteiger partial charge is 0.464 e. The number of pyridine rings is 1. The number of ether oxygens (including phenoxy) is 1. The number of urea groups is 1. The lowest BCUT2D eigenvalue weighted by atomic mass is 10.1. The molecule has 31 heavy (non-hydrogen) atoms. The van der Waals surface area contributed by atoms with Gasteiger partial charge in [0.25, 0.3) is 0 Å². The number of aromatic nitrogens is 1. The number of carbonyl (C=O) groups is 2. The van der Waals surface area contributed by atoms with Crippen LogP contribution in [0.3, 0.4) is 0 Å². The van der Waals surface area contributed by atoms with Gasteiger partial charge in [-0.15, -0.1) is 0 Å². The third kappa shape index (κ3) is 6.83. The molecular formula is C24H24ClN3O3. The molecule has 0 aliphatic rings. The Bertz CT molecular complexity index is 1010. The zero-order valence-electron chi connectivity index (χ0n) is 17.3. The summed E-state index contributed by atoms with van der Waals surface area (Å²) in [4.78, 5) is 30.0. The van der Waals surface area contributed by atoms with Gasteiger partial charge in [-0.2, -0.15) is 0 Å².